The third-order valence-corrected chi connectivity index (χ3v) is 7.40. The number of carbonyl (C=O) groups is 2. The Balaban J connectivity index is 1.81. The van der Waals surface area contributed by atoms with Gasteiger partial charge in [-0.3, -0.25) is 9.59 Å². The molecule has 0 aliphatic carbocycles. The second-order valence-corrected chi connectivity index (χ2v) is 11.1. The Labute approximate surface area is 193 Å². The van der Waals surface area contributed by atoms with Crippen LogP contribution in [0.25, 0.3) is 10.8 Å². The molecule has 2 heterocycles. The SMILES string of the molecule is CCCCN(C(=O)COC(=O)c1nn(CC(C)C)c(=O)c2ccccc12)C1CCS(=O)(=O)C1. The average molecular weight is 478 g/mol. The average Bonchev–Trinajstić information content (AvgIpc) is 3.13. The Bertz CT molecular complexity index is 1190. The second-order valence-electron chi connectivity index (χ2n) is 8.85. The van der Waals surface area contributed by atoms with Gasteiger partial charge in [0.25, 0.3) is 11.5 Å². The first kappa shape index (κ1) is 24.9. The number of ether oxygens (including phenoxy) is 1. The van der Waals surface area contributed by atoms with Crippen molar-refractivity contribution in [3.8, 4) is 0 Å². The fourth-order valence-electron chi connectivity index (χ4n) is 3.99. The van der Waals surface area contributed by atoms with E-state index in [2.05, 4.69) is 5.10 Å². The van der Waals surface area contributed by atoms with Crippen molar-refractivity contribution in [1.82, 2.24) is 14.7 Å². The Morgan fingerprint density at radius 1 is 1.24 bits per heavy atom. The van der Waals surface area contributed by atoms with Gasteiger partial charge in [-0.25, -0.2) is 17.9 Å². The van der Waals surface area contributed by atoms with Gasteiger partial charge >= 0.3 is 5.97 Å². The summed E-state index contributed by atoms with van der Waals surface area (Å²) in [6, 6.07) is 6.26. The second kappa shape index (κ2) is 10.5. The maximum atomic E-state index is 12.9. The molecule has 1 aromatic heterocycles. The van der Waals surface area contributed by atoms with Crippen LogP contribution in [0.3, 0.4) is 0 Å². The van der Waals surface area contributed by atoms with E-state index in [1.807, 2.05) is 20.8 Å². The van der Waals surface area contributed by atoms with Crippen molar-refractivity contribution < 1.29 is 22.7 Å². The molecule has 3 rings (SSSR count). The summed E-state index contributed by atoms with van der Waals surface area (Å²) >= 11 is 0. The van der Waals surface area contributed by atoms with Crippen LogP contribution in [0.5, 0.6) is 0 Å². The van der Waals surface area contributed by atoms with Gasteiger partial charge in [-0.2, -0.15) is 5.10 Å². The van der Waals surface area contributed by atoms with E-state index in [9.17, 15) is 22.8 Å². The van der Waals surface area contributed by atoms with E-state index in [4.69, 9.17) is 4.74 Å². The number of unbranched alkanes of at least 4 members (excludes halogenated alkanes) is 1. The molecule has 2 aromatic rings. The molecule has 1 unspecified atom stereocenters. The van der Waals surface area contributed by atoms with Gasteiger partial charge < -0.3 is 9.64 Å². The Hall–Kier alpha value is -2.75. The van der Waals surface area contributed by atoms with E-state index in [-0.39, 0.29) is 28.7 Å². The van der Waals surface area contributed by atoms with E-state index < -0.39 is 34.4 Å². The zero-order chi connectivity index (χ0) is 24.2. The summed E-state index contributed by atoms with van der Waals surface area (Å²) in [5, 5.41) is 4.95. The summed E-state index contributed by atoms with van der Waals surface area (Å²) in [6.45, 7) is 6.09. The molecule has 10 heteroatoms. The van der Waals surface area contributed by atoms with E-state index in [1.165, 1.54) is 9.58 Å². The molecule has 0 radical (unpaired) electrons. The predicted molar refractivity (Wildman–Crippen MR) is 125 cm³/mol. The highest BCUT2D eigenvalue weighted by atomic mass is 32.2. The maximum Gasteiger partial charge on any atom is 0.359 e. The van der Waals surface area contributed by atoms with Crippen LogP contribution >= 0.6 is 0 Å². The highest BCUT2D eigenvalue weighted by Gasteiger charge is 2.34. The van der Waals surface area contributed by atoms with E-state index in [0.29, 0.717) is 30.3 Å². The van der Waals surface area contributed by atoms with Crippen molar-refractivity contribution >= 4 is 32.5 Å². The first-order valence-electron chi connectivity index (χ1n) is 11.3. The molecular formula is C23H31N3O6S. The van der Waals surface area contributed by atoms with Gasteiger partial charge in [0.05, 0.1) is 16.9 Å². The number of fused-ring (bicyclic) bond motifs is 1. The van der Waals surface area contributed by atoms with Gasteiger partial charge in [-0.15, -0.1) is 0 Å². The highest BCUT2D eigenvalue weighted by Crippen LogP contribution is 2.19. The number of esters is 1. The lowest BCUT2D eigenvalue weighted by Crippen LogP contribution is -2.44. The fraction of sp³-hybridized carbons (Fsp3) is 0.565. The monoisotopic (exact) mass is 477 g/mol. The zero-order valence-corrected chi connectivity index (χ0v) is 20.1. The van der Waals surface area contributed by atoms with Crippen LogP contribution in [0.15, 0.2) is 29.1 Å². The molecule has 33 heavy (non-hydrogen) atoms. The zero-order valence-electron chi connectivity index (χ0n) is 19.3. The maximum absolute atomic E-state index is 12.9. The number of benzene rings is 1. The van der Waals surface area contributed by atoms with Gasteiger partial charge in [-0.1, -0.05) is 45.4 Å². The van der Waals surface area contributed by atoms with Crippen LogP contribution in [0.2, 0.25) is 0 Å². The van der Waals surface area contributed by atoms with E-state index in [0.717, 1.165) is 12.8 Å². The summed E-state index contributed by atoms with van der Waals surface area (Å²) in [4.78, 5) is 40.1. The van der Waals surface area contributed by atoms with Gasteiger partial charge in [0.2, 0.25) is 0 Å². The summed E-state index contributed by atoms with van der Waals surface area (Å²) in [7, 11) is -3.16. The number of nitrogens with zero attached hydrogens (tertiary/aromatic N) is 3. The van der Waals surface area contributed by atoms with Crippen LogP contribution in [-0.2, 0) is 25.9 Å². The molecule has 1 amide bonds. The molecule has 1 atom stereocenters. The van der Waals surface area contributed by atoms with Crippen LogP contribution in [0.4, 0.5) is 0 Å². The highest BCUT2D eigenvalue weighted by molar-refractivity contribution is 7.91. The molecule has 1 aliphatic heterocycles. The molecule has 0 N–H and O–H groups in total. The number of hydrogen-bond donors (Lipinski definition) is 0. The van der Waals surface area contributed by atoms with Gasteiger partial charge in [0.1, 0.15) is 0 Å². The molecule has 9 nitrogen and oxygen atoms in total. The molecule has 0 saturated carbocycles. The van der Waals surface area contributed by atoms with Crippen molar-refractivity contribution in [2.75, 3.05) is 24.7 Å². The first-order chi connectivity index (χ1) is 15.6. The minimum absolute atomic E-state index is 0.0257. The Morgan fingerprint density at radius 2 is 1.94 bits per heavy atom. The molecule has 0 spiro atoms. The minimum atomic E-state index is -3.16. The number of hydrogen-bond acceptors (Lipinski definition) is 7. The van der Waals surface area contributed by atoms with Gasteiger partial charge in [-0.05, 0) is 24.8 Å². The van der Waals surface area contributed by atoms with Crippen molar-refractivity contribution in [1.29, 1.82) is 0 Å². The van der Waals surface area contributed by atoms with Crippen LogP contribution < -0.4 is 5.56 Å². The van der Waals surface area contributed by atoms with Crippen molar-refractivity contribution in [3.05, 3.63) is 40.3 Å². The van der Waals surface area contributed by atoms with E-state index >= 15 is 0 Å². The number of aromatic nitrogens is 2. The summed E-state index contributed by atoms with van der Waals surface area (Å²) in [6.07, 6.45) is 1.96. The minimum Gasteiger partial charge on any atom is -0.451 e. The molecule has 1 aromatic carbocycles. The predicted octanol–water partition coefficient (Wildman–Crippen LogP) is 2.03. The summed E-state index contributed by atoms with van der Waals surface area (Å²) in [5.41, 5.74) is -0.317. The molecule has 180 valence electrons. The largest absolute Gasteiger partial charge is 0.451 e. The van der Waals surface area contributed by atoms with Crippen molar-refractivity contribution in [3.63, 3.8) is 0 Å². The van der Waals surface area contributed by atoms with Gasteiger partial charge in [0, 0.05) is 24.5 Å². The quantitative estimate of drug-likeness (QED) is 0.507. The standard InChI is InChI=1S/C23H31N3O6S/c1-4-5-11-25(17-10-12-33(30,31)15-17)20(27)14-32-23(29)21-18-8-6-7-9-19(18)22(28)26(24-21)13-16(2)3/h6-9,16-17H,4-5,10-15H2,1-3H3. The normalized spacial score (nSPS) is 17.4. The van der Waals surface area contributed by atoms with Crippen LogP contribution in [-0.4, -0.2) is 65.7 Å². The third-order valence-electron chi connectivity index (χ3n) is 5.65. The molecule has 1 fully saturated rings. The Morgan fingerprint density at radius 3 is 2.55 bits per heavy atom. The van der Waals surface area contributed by atoms with Crippen LogP contribution in [0, 0.1) is 5.92 Å². The number of amides is 1. The van der Waals surface area contributed by atoms with E-state index in [1.54, 1.807) is 24.3 Å². The smallest absolute Gasteiger partial charge is 0.359 e. The molecule has 1 saturated heterocycles. The Kier molecular flexibility index (Phi) is 7.88. The topological polar surface area (TPSA) is 116 Å². The van der Waals surface area contributed by atoms with Crippen molar-refractivity contribution in [2.24, 2.45) is 5.92 Å². The summed E-state index contributed by atoms with van der Waals surface area (Å²) < 4.78 is 30.4. The molecule has 1 aliphatic rings. The first-order valence-corrected chi connectivity index (χ1v) is 13.1. The van der Waals surface area contributed by atoms with Crippen LogP contribution in [0.1, 0.15) is 50.5 Å². The lowest BCUT2D eigenvalue weighted by Gasteiger charge is -2.28. The number of carbonyl (C=O) groups excluding carboxylic acids is 2. The molecule has 0 bridgehead atoms. The van der Waals surface area contributed by atoms with Crippen molar-refractivity contribution in [2.45, 2.75) is 52.6 Å². The third kappa shape index (κ3) is 5.98. The lowest BCUT2D eigenvalue weighted by atomic mass is 10.1. The fourth-order valence-corrected chi connectivity index (χ4v) is 5.73. The van der Waals surface area contributed by atoms with Gasteiger partial charge in [0.15, 0.2) is 22.1 Å². The number of rotatable bonds is 9. The summed E-state index contributed by atoms with van der Waals surface area (Å²) in [5.74, 6) is -1.11. The lowest BCUT2D eigenvalue weighted by molar-refractivity contribution is -0.136. The number of sulfone groups is 1. The molecular weight excluding hydrogens is 446 g/mol.